The average molecular weight is 345 g/mol. The van der Waals surface area contributed by atoms with Crippen LogP contribution < -0.4 is 10.6 Å². The van der Waals surface area contributed by atoms with Gasteiger partial charge in [-0.1, -0.05) is 11.6 Å². The number of hydrogen-bond acceptors (Lipinski definition) is 4. The number of amides is 2. The predicted molar refractivity (Wildman–Crippen MR) is 84.9 cm³/mol. The van der Waals surface area contributed by atoms with Crippen molar-refractivity contribution in [1.29, 1.82) is 0 Å². The number of halogens is 1. The van der Waals surface area contributed by atoms with E-state index in [1.165, 1.54) is 12.1 Å². The number of hydrogen-bond donors (Lipinski definition) is 2. The summed E-state index contributed by atoms with van der Waals surface area (Å²) < 4.78 is 22.1. The normalized spacial score (nSPS) is 14.5. The lowest BCUT2D eigenvalue weighted by Crippen LogP contribution is -2.26. The van der Waals surface area contributed by atoms with Gasteiger partial charge in [-0.05, 0) is 31.0 Å². The summed E-state index contributed by atoms with van der Waals surface area (Å²) in [5.41, 5.74) is 0.693. The van der Waals surface area contributed by atoms with Crippen LogP contribution in [-0.2, 0) is 14.6 Å². The van der Waals surface area contributed by atoms with Crippen LogP contribution in [0.15, 0.2) is 18.2 Å². The fourth-order valence-corrected chi connectivity index (χ4v) is 2.53. The number of carbonyl (C=O) groups excluding carboxylic acids is 2. The topological polar surface area (TPSA) is 92.3 Å². The zero-order chi connectivity index (χ0) is 16.3. The fraction of sp³-hybridized carbons (Fsp3) is 0.429. The van der Waals surface area contributed by atoms with Crippen LogP contribution >= 0.6 is 11.6 Å². The molecule has 0 aromatic heterocycles. The lowest BCUT2D eigenvalue weighted by atomic mass is 10.2. The summed E-state index contributed by atoms with van der Waals surface area (Å²) in [5, 5.41) is 5.68. The van der Waals surface area contributed by atoms with Crippen molar-refractivity contribution in [2.24, 2.45) is 0 Å². The van der Waals surface area contributed by atoms with Gasteiger partial charge in [-0.3, -0.25) is 9.59 Å². The Morgan fingerprint density at radius 1 is 1.32 bits per heavy atom. The van der Waals surface area contributed by atoms with E-state index in [9.17, 15) is 18.0 Å². The number of nitrogens with one attached hydrogen (secondary N) is 2. The molecule has 8 heteroatoms. The predicted octanol–water partition coefficient (Wildman–Crippen LogP) is 1.61. The van der Waals surface area contributed by atoms with Gasteiger partial charge in [0.2, 0.25) is 5.91 Å². The maximum absolute atomic E-state index is 12.0. The monoisotopic (exact) mass is 344 g/mol. The van der Waals surface area contributed by atoms with Gasteiger partial charge in [0.1, 0.15) is 9.84 Å². The molecule has 1 aromatic rings. The highest BCUT2D eigenvalue weighted by Crippen LogP contribution is 2.24. The van der Waals surface area contributed by atoms with E-state index in [-0.39, 0.29) is 29.7 Å². The molecule has 1 saturated carbocycles. The number of benzene rings is 1. The highest BCUT2D eigenvalue weighted by Gasteiger charge is 2.24. The van der Waals surface area contributed by atoms with Crippen LogP contribution in [0.1, 0.15) is 29.6 Å². The molecule has 1 aliphatic carbocycles. The minimum Gasteiger partial charge on any atom is -0.349 e. The van der Waals surface area contributed by atoms with E-state index >= 15 is 0 Å². The maximum atomic E-state index is 12.0. The molecule has 6 nitrogen and oxygen atoms in total. The second-order valence-corrected chi connectivity index (χ2v) is 8.04. The molecule has 0 saturated heterocycles. The van der Waals surface area contributed by atoms with Crippen molar-refractivity contribution in [2.75, 3.05) is 17.3 Å². The van der Waals surface area contributed by atoms with E-state index in [0.717, 1.165) is 19.1 Å². The van der Waals surface area contributed by atoms with Gasteiger partial charge >= 0.3 is 0 Å². The molecule has 1 aromatic carbocycles. The first-order valence-electron chi connectivity index (χ1n) is 6.82. The summed E-state index contributed by atoms with van der Waals surface area (Å²) in [7, 11) is -3.19. The van der Waals surface area contributed by atoms with Crippen molar-refractivity contribution in [3.05, 3.63) is 28.8 Å². The second-order valence-electron chi connectivity index (χ2n) is 5.37. The summed E-state index contributed by atoms with van der Waals surface area (Å²) in [6.45, 7) is 0. The molecule has 2 rings (SSSR count). The van der Waals surface area contributed by atoms with Crippen molar-refractivity contribution in [2.45, 2.75) is 25.3 Å². The van der Waals surface area contributed by atoms with Crippen molar-refractivity contribution in [3.63, 3.8) is 0 Å². The lowest BCUT2D eigenvalue weighted by molar-refractivity contribution is -0.115. The SMILES string of the molecule is CS(=O)(=O)CCC(=O)Nc1ccc(Cl)c(C(=O)NC2CC2)c1. The molecule has 0 aliphatic heterocycles. The van der Waals surface area contributed by atoms with Crippen LogP contribution in [0.4, 0.5) is 5.69 Å². The molecule has 120 valence electrons. The molecule has 2 N–H and O–H groups in total. The van der Waals surface area contributed by atoms with Crippen LogP contribution in [0, 0.1) is 0 Å². The quantitative estimate of drug-likeness (QED) is 0.820. The Kier molecular flexibility index (Phi) is 5.08. The largest absolute Gasteiger partial charge is 0.349 e. The Hall–Kier alpha value is -1.60. The lowest BCUT2D eigenvalue weighted by Gasteiger charge is -2.09. The number of carbonyl (C=O) groups is 2. The van der Waals surface area contributed by atoms with Gasteiger partial charge in [-0.2, -0.15) is 0 Å². The first kappa shape index (κ1) is 16.8. The standard InChI is InChI=1S/C14H17ClN2O4S/c1-22(20,21)7-6-13(18)16-10-4-5-12(15)11(8-10)14(19)17-9-2-3-9/h4-5,8-9H,2-3,6-7H2,1H3,(H,16,18)(H,17,19). The maximum Gasteiger partial charge on any atom is 0.253 e. The van der Waals surface area contributed by atoms with Crippen LogP contribution in [-0.4, -0.2) is 38.3 Å². The van der Waals surface area contributed by atoms with E-state index in [4.69, 9.17) is 11.6 Å². The van der Waals surface area contributed by atoms with E-state index < -0.39 is 15.7 Å². The summed E-state index contributed by atoms with van der Waals surface area (Å²) in [6.07, 6.45) is 2.87. The third kappa shape index (κ3) is 5.31. The molecule has 0 unspecified atom stereocenters. The Bertz CT molecular complexity index is 699. The highest BCUT2D eigenvalue weighted by atomic mass is 35.5. The smallest absolute Gasteiger partial charge is 0.253 e. The molecule has 0 atom stereocenters. The molecule has 0 spiro atoms. The van der Waals surface area contributed by atoms with Gasteiger partial charge in [-0.25, -0.2) is 8.42 Å². The number of rotatable bonds is 6. The van der Waals surface area contributed by atoms with Crippen LogP contribution in [0.5, 0.6) is 0 Å². The Labute approximate surface area is 134 Å². The van der Waals surface area contributed by atoms with Crippen LogP contribution in [0.3, 0.4) is 0 Å². The van der Waals surface area contributed by atoms with Gasteiger partial charge in [0, 0.05) is 24.4 Å². The molecule has 0 radical (unpaired) electrons. The van der Waals surface area contributed by atoms with Crippen LogP contribution in [0.2, 0.25) is 5.02 Å². The number of anilines is 1. The zero-order valence-electron chi connectivity index (χ0n) is 12.1. The minimum atomic E-state index is -3.19. The molecule has 1 aliphatic rings. The van der Waals surface area contributed by atoms with Crippen LogP contribution in [0.25, 0.3) is 0 Å². The molecule has 0 bridgehead atoms. The second kappa shape index (κ2) is 6.66. The summed E-state index contributed by atoms with van der Waals surface area (Å²) >= 11 is 6.00. The van der Waals surface area contributed by atoms with Crippen molar-refractivity contribution in [3.8, 4) is 0 Å². The zero-order valence-corrected chi connectivity index (χ0v) is 13.6. The Morgan fingerprint density at radius 2 is 2.00 bits per heavy atom. The van der Waals surface area contributed by atoms with Crippen molar-refractivity contribution >= 4 is 38.9 Å². The molecule has 0 heterocycles. The van der Waals surface area contributed by atoms with E-state index in [1.54, 1.807) is 6.07 Å². The molecule has 1 fully saturated rings. The Balaban J connectivity index is 2.02. The van der Waals surface area contributed by atoms with Gasteiger partial charge in [0.05, 0.1) is 16.3 Å². The summed E-state index contributed by atoms with van der Waals surface area (Å²) in [6, 6.07) is 4.78. The number of sulfone groups is 1. The van der Waals surface area contributed by atoms with Gasteiger partial charge in [0.25, 0.3) is 5.91 Å². The third-order valence-electron chi connectivity index (χ3n) is 3.11. The Morgan fingerprint density at radius 3 is 2.59 bits per heavy atom. The third-order valence-corrected chi connectivity index (χ3v) is 4.38. The van der Waals surface area contributed by atoms with Crippen molar-refractivity contribution in [1.82, 2.24) is 5.32 Å². The molecular formula is C14H17ClN2O4S. The average Bonchev–Trinajstić information content (AvgIpc) is 3.21. The summed E-state index contributed by atoms with van der Waals surface area (Å²) in [5.74, 6) is -0.928. The molecule has 22 heavy (non-hydrogen) atoms. The van der Waals surface area contributed by atoms with E-state index in [1.807, 2.05) is 0 Å². The first-order valence-corrected chi connectivity index (χ1v) is 9.26. The first-order chi connectivity index (χ1) is 10.2. The van der Waals surface area contributed by atoms with Crippen molar-refractivity contribution < 1.29 is 18.0 Å². The van der Waals surface area contributed by atoms with Gasteiger partial charge in [0.15, 0.2) is 0 Å². The summed E-state index contributed by atoms with van der Waals surface area (Å²) in [4.78, 5) is 23.7. The molecule has 2 amide bonds. The van der Waals surface area contributed by atoms with Gasteiger partial charge < -0.3 is 10.6 Å². The van der Waals surface area contributed by atoms with Gasteiger partial charge in [-0.15, -0.1) is 0 Å². The highest BCUT2D eigenvalue weighted by molar-refractivity contribution is 7.90. The van der Waals surface area contributed by atoms with E-state index in [2.05, 4.69) is 10.6 Å². The minimum absolute atomic E-state index is 0.134. The van der Waals surface area contributed by atoms with E-state index in [0.29, 0.717) is 10.7 Å². The fourth-order valence-electron chi connectivity index (χ4n) is 1.77. The molecular weight excluding hydrogens is 328 g/mol.